The summed E-state index contributed by atoms with van der Waals surface area (Å²) in [5.41, 5.74) is 1.03. The molecule has 0 amide bonds. The largest absolute Gasteiger partial charge is 0.374 e. The van der Waals surface area contributed by atoms with Crippen LogP contribution in [0.1, 0.15) is 19.0 Å². The van der Waals surface area contributed by atoms with E-state index in [4.69, 9.17) is 0 Å². The molecular formula is C11H13N7OS. The molecule has 0 atom stereocenters. The molecule has 3 heterocycles. The highest BCUT2D eigenvalue weighted by Gasteiger charge is 2.12. The van der Waals surface area contributed by atoms with Crippen LogP contribution in [-0.2, 0) is 6.54 Å². The van der Waals surface area contributed by atoms with Gasteiger partial charge in [-0.2, -0.15) is 0 Å². The third-order valence-corrected chi connectivity index (χ3v) is 3.51. The Hall–Kier alpha value is -2.29. The maximum Gasteiger partial charge on any atom is 0.350 e. The second-order valence-electron chi connectivity index (χ2n) is 4.22. The van der Waals surface area contributed by atoms with Crippen molar-refractivity contribution >= 4 is 22.2 Å². The van der Waals surface area contributed by atoms with Crippen LogP contribution < -0.4 is 11.0 Å². The molecule has 104 valence electrons. The molecule has 20 heavy (non-hydrogen) atoms. The molecule has 0 saturated heterocycles. The van der Waals surface area contributed by atoms with Crippen molar-refractivity contribution in [3.8, 4) is 0 Å². The highest BCUT2D eigenvalue weighted by Crippen LogP contribution is 2.17. The van der Waals surface area contributed by atoms with Gasteiger partial charge in [0.2, 0.25) is 0 Å². The summed E-state index contributed by atoms with van der Waals surface area (Å²) in [5.74, 6) is 0. The maximum atomic E-state index is 12.2. The number of nitrogens with zero attached hydrogens (tertiary/aromatic N) is 6. The van der Waals surface area contributed by atoms with Crippen molar-refractivity contribution in [3.05, 3.63) is 34.8 Å². The van der Waals surface area contributed by atoms with Gasteiger partial charge >= 0.3 is 5.69 Å². The summed E-state index contributed by atoms with van der Waals surface area (Å²) >= 11 is 1.29. The molecule has 1 N–H and O–H groups in total. The molecule has 3 aromatic rings. The van der Waals surface area contributed by atoms with Gasteiger partial charge in [-0.3, -0.25) is 4.98 Å². The molecular weight excluding hydrogens is 278 g/mol. The Balaban J connectivity index is 1.92. The van der Waals surface area contributed by atoms with Crippen LogP contribution in [0.15, 0.2) is 23.4 Å². The molecule has 8 nitrogen and oxygen atoms in total. The summed E-state index contributed by atoms with van der Waals surface area (Å²) in [6, 6.07) is 0. The zero-order chi connectivity index (χ0) is 13.9. The van der Waals surface area contributed by atoms with Crippen LogP contribution in [0.2, 0.25) is 0 Å². The van der Waals surface area contributed by atoms with Crippen LogP contribution in [0.4, 0.5) is 5.00 Å². The molecule has 3 rings (SSSR count). The fourth-order valence-electron chi connectivity index (χ4n) is 1.81. The second kappa shape index (κ2) is 5.37. The van der Waals surface area contributed by atoms with Crippen molar-refractivity contribution < 1.29 is 0 Å². The number of hydrogen-bond donors (Lipinski definition) is 1. The molecule has 0 spiro atoms. The van der Waals surface area contributed by atoms with Crippen molar-refractivity contribution in [1.29, 1.82) is 0 Å². The fourth-order valence-corrected chi connectivity index (χ4v) is 2.41. The number of anilines is 1. The van der Waals surface area contributed by atoms with Crippen LogP contribution in [0.3, 0.4) is 0 Å². The zero-order valence-electron chi connectivity index (χ0n) is 10.9. The van der Waals surface area contributed by atoms with Gasteiger partial charge < -0.3 is 5.32 Å². The molecule has 0 aliphatic rings. The predicted octanol–water partition coefficient (Wildman–Crippen LogP) is 0.613. The lowest BCUT2D eigenvalue weighted by Gasteiger charge is -2.02. The number of aromatic nitrogens is 6. The van der Waals surface area contributed by atoms with E-state index in [9.17, 15) is 4.79 Å². The minimum absolute atomic E-state index is 0.211. The van der Waals surface area contributed by atoms with Crippen molar-refractivity contribution in [1.82, 2.24) is 28.8 Å². The van der Waals surface area contributed by atoms with Crippen LogP contribution in [0, 0.1) is 0 Å². The van der Waals surface area contributed by atoms with Gasteiger partial charge in [0.1, 0.15) is 10.7 Å². The lowest BCUT2D eigenvalue weighted by Crippen LogP contribution is -2.22. The summed E-state index contributed by atoms with van der Waals surface area (Å²) in [6.07, 6.45) is 5.71. The predicted molar refractivity (Wildman–Crippen MR) is 75.0 cm³/mol. The Morgan fingerprint density at radius 1 is 1.45 bits per heavy atom. The Bertz CT molecular complexity index is 774. The Morgan fingerprint density at radius 2 is 2.35 bits per heavy atom. The van der Waals surface area contributed by atoms with Gasteiger partial charge in [-0.1, -0.05) is 11.4 Å². The van der Waals surface area contributed by atoms with Crippen LogP contribution >= 0.6 is 11.5 Å². The monoisotopic (exact) mass is 291 g/mol. The van der Waals surface area contributed by atoms with E-state index in [2.05, 4.69) is 31.9 Å². The lowest BCUT2D eigenvalue weighted by molar-refractivity contribution is 0.645. The topological polar surface area (TPSA) is 90.0 Å². The van der Waals surface area contributed by atoms with E-state index in [1.54, 1.807) is 18.6 Å². The normalized spacial score (nSPS) is 11.1. The van der Waals surface area contributed by atoms with E-state index in [-0.39, 0.29) is 5.69 Å². The molecule has 0 unspecified atom stereocenters. The molecule has 0 bridgehead atoms. The lowest BCUT2D eigenvalue weighted by atomic mass is 10.4. The molecule has 0 fully saturated rings. The van der Waals surface area contributed by atoms with E-state index in [0.717, 1.165) is 23.7 Å². The Kier molecular flexibility index (Phi) is 3.42. The first-order valence-corrected chi connectivity index (χ1v) is 7.01. The highest BCUT2D eigenvalue weighted by atomic mass is 32.1. The van der Waals surface area contributed by atoms with Crippen LogP contribution in [0.5, 0.6) is 0 Å². The molecule has 0 aromatic carbocycles. The van der Waals surface area contributed by atoms with E-state index in [1.165, 1.54) is 20.6 Å². The molecule has 0 radical (unpaired) electrons. The Morgan fingerprint density at radius 3 is 3.15 bits per heavy atom. The maximum absolute atomic E-state index is 12.2. The van der Waals surface area contributed by atoms with E-state index in [1.807, 2.05) is 0 Å². The van der Waals surface area contributed by atoms with Crippen LogP contribution in [-0.4, -0.2) is 35.3 Å². The number of fused-ring (bicyclic) bond motifs is 1. The molecule has 0 aliphatic carbocycles. The molecule has 0 saturated carbocycles. The standard InChI is InChI=1S/C11H13N7OS/c1-2-3-13-10-8(14-16-20-10)7-18-11(19)17-5-4-12-6-9(17)15-18/h4-6,13H,2-3,7H2,1H3. The van der Waals surface area contributed by atoms with Crippen molar-refractivity contribution in [2.75, 3.05) is 11.9 Å². The van der Waals surface area contributed by atoms with E-state index >= 15 is 0 Å². The third kappa shape index (κ3) is 2.27. The quantitative estimate of drug-likeness (QED) is 0.741. The smallest absolute Gasteiger partial charge is 0.350 e. The minimum atomic E-state index is -0.211. The van der Waals surface area contributed by atoms with Gasteiger partial charge in [-0.15, -0.1) is 10.2 Å². The van der Waals surface area contributed by atoms with Crippen LogP contribution in [0.25, 0.3) is 5.65 Å². The van der Waals surface area contributed by atoms with Gasteiger partial charge in [0.05, 0.1) is 12.7 Å². The first-order chi connectivity index (χ1) is 9.79. The molecule has 3 aromatic heterocycles. The highest BCUT2D eigenvalue weighted by molar-refractivity contribution is 7.10. The van der Waals surface area contributed by atoms with Gasteiger partial charge in [-0.25, -0.2) is 13.9 Å². The first-order valence-electron chi connectivity index (χ1n) is 6.24. The minimum Gasteiger partial charge on any atom is -0.374 e. The van der Waals surface area contributed by atoms with Gasteiger partial charge in [0.25, 0.3) is 0 Å². The molecule has 9 heteroatoms. The van der Waals surface area contributed by atoms with Crippen molar-refractivity contribution in [2.24, 2.45) is 0 Å². The number of hydrogen-bond acceptors (Lipinski definition) is 7. The van der Waals surface area contributed by atoms with Gasteiger partial charge in [0, 0.05) is 30.5 Å². The van der Waals surface area contributed by atoms with Gasteiger partial charge in [-0.05, 0) is 6.42 Å². The third-order valence-electron chi connectivity index (χ3n) is 2.78. The van der Waals surface area contributed by atoms with E-state index < -0.39 is 0 Å². The number of rotatable bonds is 5. The summed E-state index contributed by atoms with van der Waals surface area (Å²) in [4.78, 5) is 16.1. The number of nitrogens with one attached hydrogen (secondary N) is 1. The SMILES string of the molecule is CCCNc1snnc1Cn1nc2cnccn2c1=O. The van der Waals surface area contributed by atoms with E-state index in [0.29, 0.717) is 12.2 Å². The fraction of sp³-hybridized carbons (Fsp3) is 0.364. The zero-order valence-corrected chi connectivity index (χ0v) is 11.7. The van der Waals surface area contributed by atoms with Crippen molar-refractivity contribution in [2.45, 2.75) is 19.9 Å². The van der Waals surface area contributed by atoms with Gasteiger partial charge in [0.15, 0.2) is 5.65 Å². The average molecular weight is 291 g/mol. The summed E-state index contributed by atoms with van der Waals surface area (Å²) in [6.45, 7) is 3.23. The molecule has 0 aliphatic heterocycles. The second-order valence-corrected chi connectivity index (χ2v) is 4.97. The summed E-state index contributed by atoms with van der Waals surface area (Å²) < 4.78 is 6.74. The average Bonchev–Trinajstić information content (AvgIpc) is 3.03. The Labute approximate surface area is 118 Å². The van der Waals surface area contributed by atoms with Crippen molar-refractivity contribution in [3.63, 3.8) is 0 Å². The summed E-state index contributed by atoms with van der Waals surface area (Å²) in [7, 11) is 0. The first kappa shape index (κ1) is 12.7. The summed E-state index contributed by atoms with van der Waals surface area (Å²) in [5, 5.41) is 12.4.